The van der Waals surface area contributed by atoms with Gasteiger partial charge in [-0.1, -0.05) is 18.2 Å². The maximum Gasteiger partial charge on any atom is 0.154 e. The van der Waals surface area contributed by atoms with Crippen molar-refractivity contribution in [1.82, 2.24) is 9.97 Å². The van der Waals surface area contributed by atoms with E-state index in [9.17, 15) is 0 Å². The molecule has 1 saturated heterocycles. The lowest BCUT2D eigenvalue weighted by Crippen LogP contribution is -2.18. The number of benzene rings is 2. The molecular weight excluding hydrogens is 338 g/mol. The number of fused-ring (bicyclic) bond motifs is 2. The van der Waals surface area contributed by atoms with Crippen LogP contribution in [0.1, 0.15) is 24.2 Å². The van der Waals surface area contributed by atoms with Crippen LogP contribution in [0.4, 0.5) is 11.4 Å². The molecule has 2 aliphatic rings. The highest BCUT2D eigenvalue weighted by Crippen LogP contribution is 2.27. The third-order valence-corrected chi connectivity index (χ3v) is 5.07. The molecule has 1 atom stereocenters. The van der Waals surface area contributed by atoms with Gasteiger partial charge in [0.15, 0.2) is 5.84 Å². The van der Waals surface area contributed by atoms with Crippen LogP contribution in [0.3, 0.4) is 0 Å². The monoisotopic (exact) mass is 359 g/mol. The summed E-state index contributed by atoms with van der Waals surface area (Å²) in [5.41, 5.74) is 3.89. The number of ether oxygens (including phenoxy) is 1. The summed E-state index contributed by atoms with van der Waals surface area (Å²) in [7, 11) is 0. The van der Waals surface area contributed by atoms with E-state index in [4.69, 9.17) is 4.74 Å². The van der Waals surface area contributed by atoms with Crippen LogP contribution in [0.15, 0.2) is 53.8 Å². The molecular formula is C21H21N5O. The summed E-state index contributed by atoms with van der Waals surface area (Å²) in [5.74, 6) is 0.783. The molecule has 0 spiro atoms. The third kappa shape index (κ3) is 3.24. The molecule has 1 fully saturated rings. The zero-order valence-corrected chi connectivity index (χ0v) is 15.0. The van der Waals surface area contributed by atoms with E-state index in [1.54, 1.807) is 12.4 Å². The van der Waals surface area contributed by atoms with Crippen molar-refractivity contribution in [3.63, 3.8) is 0 Å². The molecule has 1 aromatic heterocycles. The van der Waals surface area contributed by atoms with Gasteiger partial charge < -0.3 is 15.4 Å². The summed E-state index contributed by atoms with van der Waals surface area (Å²) >= 11 is 0. The lowest BCUT2D eigenvalue weighted by atomic mass is 10.1. The van der Waals surface area contributed by atoms with Crippen LogP contribution in [0.25, 0.3) is 10.8 Å². The van der Waals surface area contributed by atoms with E-state index in [1.165, 1.54) is 10.8 Å². The minimum Gasteiger partial charge on any atom is -0.382 e. The molecule has 5 rings (SSSR count). The van der Waals surface area contributed by atoms with Crippen LogP contribution in [0.5, 0.6) is 0 Å². The van der Waals surface area contributed by atoms with E-state index in [1.807, 2.05) is 0 Å². The quantitative estimate of drug-likeness (QED) is 0.745. The number of anilines is 2. The number of hydrogen-bond donors (Lipinski definition) is 2. The second kappa shape index (κ2) is 6.96. The van der Waals surface area contributed by atoms with Gasteiger partial charge in [-0.15, -0.1) is 0 Å². The van der Waals surface area contributed by atoms with Crippen LogP contribution in [-0.4, -0.2) is 35.1 Å². The largest absolute Gasteiger partial charge is 0.382 e. The highest BCUT2D eigenvalue weighted by Gasteiger charge is 2.18. The van der Waals surface area contributed by atoms with E-state index in [0.717, 1.165) is 54.6 Å². The Kier molecular flexibility index (Phi) is 4.18. The van der Waals surface area contributed by atoms with Gasteiger partial charge in [-0.05, 0) is 36.4 Å². The maximum absolute atomic E-state index is 5.71. The summed E-state index contributed by atoms with van der Waals surface area (Å²) < 4.78 is 5.71. The lowest BCUT2D eigenvalue weighted by Gasteiger charge is -2.14. The second-order valence-electron chi connectivity index (χ2n) is 6.90. The molecule has 27 heavy (non-hydrogen) atoms. The molecule has 3 heterocycles. The van der Waals surface area contributed by atoms with E-state index in [-0.39, 0.29) is 0 Å². The van der Waals surface area contributed by atoms with Crippen molar-refractivity contribution >= 4 is 28.0 Å². The normalized spacial score (nSPS) is 18.4. The first kappa shape index (κ1) is 16.2. The summed E-state index contributed by atoms with van der Waals surface area (Å²) in [4.78, 5) is 13.3. The van der Waals surface area contributed by atoms with Crippen molar-refractivity contribution in [1.29, 1.82) is 0 Å². The minimum absolute atomic E-state index is 0.322. The number of hydrogen-bond acceptors (Lipinski definition) is 6. The molecule has 6 heteroatoms. The van der Waals surface area contributed by atoms with Crippen molar-refractivity contribution in [3.8, 4) is 0 Å². The van der Waals surface area contributed by atoms with Crippen molar-refractivity contribution in [3.05, 3.63) is 60.2 Å². The molecule has 0 bridgehead atoms. The van der Waals surface area contributed by atoms with E-state index in [0.29, 0.717) is 12.6 Å². The summed E-state index contributed by atoms with van der Waals surface area (Å²) in [6, 6.07) is 12.7. The smallest absolute Gasteiger partial charge is 0.154 e. The average molecular weight is 359 g/mol. The number of nitrogens with one attached hydrogen (secondary N) is 2. The Hall–Kier alpha value is -2.99. The molecule has 0 saturated carbocycles. The molecule has 2 aromatic carbocycles. The number of nitrogens with zero attached hydrogens (tertiary/aromatic N) is 3. The Morgan fingerprint density at radius 2 is 2.07 bits per heavy atom. The first-order chi connectivity index (χ1) is 13.4. The Morgan fingerprint density at radius 1 is 1.11 bits per heavy atom. The maximum atomic E-state index is 5.71. The zero-order chi connectivity index (χ0) is 18.1. The van der Waals surface area contributed by atoms with Gasteiger partial charge in [-0.3, -0.25) is 9.98 Å². The Morgan fingerprint density at radius 3 is 3.00 bits per heavy atom. The molecule has 0 aliphatic carbocycles. The van der Waals surface area contributed by atoms with Gasteiger partial charge in [0.1, 0.15) is 5.69 Å². The van der Waals surface area contributed by atoms with Crippen molar-refractivity contribution < 1.29 is 4.74 Å². The second-order valence-corrected chi connectivity index (χ2v) is 6.90. The fourth-order valence-electron chi connectivity index (χ4n) is 3.69. The van der Waals surface area contributed by atoms with Crippen LogP contribution < -0.4 is 10.6 Å². The number of amidine groups is 1. The van der Waals surface area contributed by atoms with Gasteiger partial charge in [-0.2, -0.15) is 0 Å². The van der Waals surface area contributed by atoms with Crippen molar-refractivity contribution in [2.75, 3.05) is 23.8 Å². The topological polar surface area (TPSA) is 71.4 Å². The Labute approximate surface area is 157 Å². The number of rotatable bonds is 4. The van der Waals surface area contributed by atoms with E-state index < -0.39 is 0 Å². The summed E-state index contributed by atoms with van der Waals surface area (Å²) in [5, 5.41) is 9.32. The van der Waals surface area contributed by atoms with Gasteiger partial charge in [-0.25, -0.2) is 4.98 Å². The fourth-order valence-corrected chi connectivity index (χ4v) is 3.69. The molecule has 6 nitrogen and oxygen atoms in total. The lowest BCUT2D eigenvalue weighted by molar-refractivity contribution is 0.120. The standard InChI is InChI=1S/C21H21N5O/c1-3-14-11-15(26-21-20-19(13-25-21)22-8-9-23-20)6-7-17(14)18(5-1)24-12-16-4-2-10-27-16/h1,3,5-9,11,16,24H,2,4,10,12-13H2,(H,25,26). The highest BCUT2D eigenvalue weighted by atomic mass is 16.5. The van der Waals surface area contributed by atoms with Gasteiger partial charge in [0.25, 0.3) is 0 Å². The minimum atomic E-state index is 0.322. The summed E-state index contributed by atoms with van der Waals surface area (Å²) in [6.07, 6.45) is 6.03. The fraction of sp³-hybridized carbons (Fsp3) is 0.286. The molecule has 3 aromatic rings. The number of aliphatic imine (C=N–C) groups is 1. The number of aromatic nitrogens is 2. The van der Waals surface area contributed by atoms with Crippen molar-refractivity contribution in [2.24, 2.45) is 4.99 Å². The average Bonchev–Trinajstić information content (AvgIpc) is 3.36. The van der Waals surface area contributed by atoms with E-state index in [2.05, 4.69) is 62.0 Å². The predicted octanol–water partition coefficient (Wildman–Crippen LogP) is 3.59. The Bertz CT molecular complexity index is 1010. The van der Waals surface area contributed by atoms with Crippen LogP contribution in [0.2, 0.25) is 0 Å². The van der Waals surface area contributed by atoms with E-state index >= 15 is 0 Å². The van der Waals surface area contributed by atoms with Gasteiger partial charge >= 0.3 is 0 Å². The molecule has 2 aliphatic heterocycles. The first-order valence-electron chi connectivity index (χ1n) is 9.37. The molecule has 1 unspecified atom stereocenters. The molecule has 0 amide bonds. The SMILES string of the molecule is c1cc(NCC2CCCO2)c2ccc(NC3=NCc4nccnc43)cc2c1. The van der Waals surface area contributed by atoms with Gasteiger partial charge in [0, 0.05) is 42.3 Å². The first-order valence-corrected chi connectivity index (χ1v) is 9.37. The van der Waals surface area contributed by atoms with Crippen LogP contribution in [0, 0.1) is 0 Å². The summed E-state index contributed by atoms with van der Waals surface area (Å²) in [6.45, 7) is 2.32. The zero-order valence-electron chi connectivity index (χ0n) is 15.0. The van der Waals surface area contributed by atoms with Gasteiger partial charge in [0.05, 0.1) is 18.3 Å². The third-order valence-electron chi connectivity index (χ3n) is 5.07. The molecule has 0 radical (unpaired) electrons. The van der Waals surface area contributed by atoms with Crippen LogP contribution in [-0.2, 0) is 11.3 Å². The van der Waals surface area contributed by atoms with Gasteiger partial charge in [0.2, 0.25) is 0 Å². The van der Waals surface area contributed by atoms with Crippen molar-refractivity contribution in [2.45, 2.75) is 25.5 Å². The molecule has 136 valence electrons. The molecule has 2 N–H and O–H groups in total. The predicted molar refractivity (Wildman–Crippen MR) is 107 cm³/mol. The Balaban J connectivity index is 1.36. The van der Waals surface area contributed by atoms with Crippen LogP contribution >= 0.6 is 0 Å². The highest BCUT2D eigenvalue weighted by molar-refractivity contribution is 6.10.